The van der Waals surface area contributed by atoms with Crippen LogP contribution in [0.3, 0.4) is 0 Å². The number of nitrogens with zero attached hydrogens (tertiary/aromatic N) is 1. The third-order valence-electron chi connectivity index (χ3n) is 3.18. The van der Waals surface area contributed by atoms with Gasteiger partial charge in [0.1, 0.15) is 5.82 Å². The molecule has 0 aromatic heterocycles. The van der Waals surface area contributed by atoms with Gasteiger partial charge in [-0.2, -0.15) is 0 Å². The molecule has 1 heterocycles. The van der Waals surface area contributed by atoms with E-state index < -0.39 is 5.82 Å². The fraction of sp³-hybridized carbons (Fsp3) is 0.462. The topological polar surface area (TPSA) is 32.3 Å². The van der Waals surface area contributed by atoms with Gasteiger partial charge in [0, 0.05) is 23.1 Å². The minimum atomic E-state index is -0.390. The van der Waals surface area contributed by atoms with E-state index in [0.29, 0.717) is 16.0 Å². The summed E-state index contributed by atoms with van der Waals surface area (Å²) in [6.45, 7) is 2.41. The van der Waals surface area contributed by atoms with Crippen LogP contribution in [0.5, 0.6) is 0 Å². The van der Waals surface area contributed by atoms with Gasteiger partial charge in [0.15, 0.2) is 0 Å². The zero-order chi connectivity index (χ0) is 13.1. The second-order valence-electron chi connectivity index (χ2n) is 4.62. The number of halogens is 3. The highest BCUT2D eigenvalue weighted by molar-refractivity contribution is 9.10. The van der Waals surface area contributed by atoms with E-state index in [-0.39, 0.29) is 18.3 Å². The summed E-state index contributed by atoms with van der Waals surface area (Å²) in [7, 11) is 1.91. The lowest BCUT2D eigenvalue weighted by Crippen LogP contribution is -2.30. The summed E-state index contributed by atoms with van der Waals surface area (Å²) in [4.78, 5) is 14.0. The fourth-order valence-corrected chi connectivity index (χ4v) is 2.80. The van der Waals surface area contributed by atoms with E-state index in [1.165, 1.54) is 12.1 Å². The Hall–Kier alpha value is -0.650. The van der Waals surface area contributed by atoms with Crippen LogP contribution in [0.4, 0.5) is 4.39 Å². The van der Waals surface area contributed by atoms with Gasteiger partial charge in [-0.25, -0.2) is 4.39 Å². The summed E-state index contributed by atoms with van der Waals surface area (Å²) >= 11 is 3.21. The molecule has 106 valence electrons. The molecule has 1 aliphatic rings. The van der Waals surface area contributed by atoms with Gasteiger partial charge >= 0.3 is 0 Å². The summed E-state index contributed by atoms with van der Waals surface area (Å²) in [5.74, 6) is 0.0171. The maximum atomic E-state index is 13.3. The lowest BCUT2D eigenvalue weighted by atomic mass is 10.1. The van der Waals surface area contributed by atoms with E-state index in [4.69, 9.17) is 0 Å². The first-order valence-corrected chi connectivity index (χ1v) is 6.79. The van der Waals surface area contributed by atoms with Crippen molar-refractivity contribution >= 4 is 34.2 Å². The third-order valence-corrected chi connectivity index (χ3v) is 3.63. The molecule has 1 unspecified atom stereocenters. The number of benzene rings is 1. The Bertz CT molecular complexity index is 438. The molecule has 3 nitrogen and oxygen atoms in total. The van der Waals surface area contributed by atoms with E-state index in [9.17, 15) is 9.18 Å². The summed E-state index contributed by atoms with van der Waals surface area (Å²) in [5.41, 5.74) is 0.409. The van der Waals surface area contributed by atoms with Crippen molar-refractivity contribution < 1.29 is 9.18 Å². The second kappa shape index (κ2) is 7.22. The maximum absolute atomic E-state index is 13.3. The molecule has 19 heavy (non-hydrogen) atoms. The Morgan fingerprint density at radius 1 is 1.53 bits per heavy atom. The van der Waals surface area contributed by atoms with Crippen LogP contribution in [-0.2, 0) is 0 Å². The number of hydrogen-bond donors (Lipinski definition) is 1. The normalized spacial score (nSPS) is 18.3. The van der Waals surface area contributed by atoms with Gasteiger partial charge in [0.2, 0.25) is 0 Å². The molecule has 0 spiro atoms. The average Bonchev–Trinajstić information content (AvgIpc) is 2.76. The van der Waals surface area contributed by atoms with Crippen molar-refractivity contribution in [1.29, 1.82) is 0 Å². The molecule has 1 amide bonds. The fourth-order valence-electron chi connectivity index (χ4n) is 2.33. The van der Waals surface area contributed by atoms with E-state index >= 15 is 0 Å². The lowest BCUT2D eigenvalue weighted by Gasteiger charge is -2.16. The van der Waals surface area contributed by atoms with Gasteiger partial charge in [0.05, 0.1) is 0 Å². The van der Waals surface area contributed by atoms with Gasteiger partial charge in [-0.3, -0.25) is 4.79 Å². The quantitative estimate of drug-likeness (QED) is 0.908. The smallest absolute Gasteiger partial charge is 0.254 e. The molecule has 1 atom stereocenters. The molecule has 0 bridgehead atoms. The molecule has 1 aromatic rings. The monoisotopic (exact) mass is 350 g/mol. The van der Waals surface area contributed by atoms with Crippen molar-refractivity contribution in [2.24, 2.45) is 5.92 Å². The van der Waals surface area contributed by atoms with Crippen LogP contribution >= 0.6 is 28.3 Å². The number of carbonyl (C=O) groups is 1. The van der Waals surface area contributed by atoms with Crippen LogP contribution in [0.25, 0.3) is 0 Å². The highest BCUT2D eigenvalue weighted by Crippen LogP contribution is 2.21. The summed E-state index contributed by atoms with van der Waals surface area (Å²) < 4.78 is 13.9. The SMILES string of the molecule is CNCC1CCN(C(=O)c2cc(F)cc(Br)c2)C1.Cl. The highest BCUT2D eigenvalue weighted by atomic mass is 79.9. The minimum absolute atomic E-state index is 0. The summed E-state index contributed by atoms with van der Waals surface area (Å²) in [5, 5.41) is 3.12. The summed E-state index contributed by atoms with van der Waals surface area (Å²) in [6, 6.07) is 4.31. The van der Waals surface area contributed by atoms with Gasteiger partial charge in [-0.05, 0) is 44.1 Å². The molecule has 1 aromatic carbocycles. The van der Waals surface area contributed by atoms with E-state index in [0.717, 1.165) is 26.1 Å². The molecule has 2 rings (SSSR count). The van der Waals surface area contributed by atoms with Gasteiger partial charge < -0.3 is 10.2 Å². The molecular weight excluding hydrogens is 335 g/mol. The van der Waals surface area contributed by atoms with Crippen molar-refractivity contribution in [2.45, 2.75) is 6.42 Å². The molecule has 1 fully saturated rings. The average molecular weight is 352 g/mol. The molecule has 0 saturated carbocycles. The van der Waals surface area contributed by atoms with Crippen LogP contribution in [0.15, 0.2) is 22.7 Å². The number of carbonyl (C=O) groups excluding carboxylic acids is 1. The van der Waals surface area contributed by atoms with Crippen molar-refractivity contribution in [2.75, 3.05) is 26.7 Å². The van der Waals surface area contributed by atoms with Crippen LogP contribution in [0.1, 0.15) is 16.8 Å². The second-order valence-corrected chi connectivity index (χ2v) is 5.54. The van der Waals surface area contributed by atoms with E-state index in [1.54, 1.807) is 11.0 Å². The largest absolute Gasteiger partial charge is 0.338 e. The third kappa shape index (κ3) is 4.16. The van der Waals surface area contributed by atoms with Crippen molar-refractivity contribution in [3.63, 3.8) is 0 Å². The molecule has 0 radical (unpaired) electrons. The van der Waals surface area contributed by atoms with Crippen molar-refractivity contribution in [3.05, 3.63) is 34.1 Å². The number of rotatable bonds is 3. The van der Waals surface area contributed by atoms with Crippen LogP contribution in [0.2, 0.25) is 0 Å². The Labute approximate surface area is 127 Å². The number of likely N-dealkylation sites (tertiary alicyclic amines) is 1. The molecular formula is C13H17BrClFN2O. The van der Waals surface area contributed by atoms with Crippen LogP contribution < -0.4 is 5.32 Å². The standard InChI is InChI=1S/C13H16BrFN2O.ClH/c1-16-7-9-2-3-17(8-9)13(18)10-4-11(14)6-12(15)5-10;/h4-6,9,16H,2-3,7-8H2,1H3;1H. The van der Waals surface area contributed by atoms with Gasteiger partial charge in [-0.15, -0.1) is 12.4 Å². The first-order valence-electron chi connectivity index (χ1n) is 6.00. The number of amides is 1. The molecule has 1 N–H and O–H groups in total. The Balaban J connectivity index is 0.00000180. The Kier molecular flexibility index (Phi) is 6.23. The van der Waals surface area contributed by atoms with E-state index in [2.05, 4.69) is 21.2 Å². The van der Waals surface area contributed by atoms with Crippen LogP contribution in [-0.4, -0.2) is 37.5 Å². The molecule has 1 aliphatic heterocycles. The Morgan fingerprint density at radius 2 is 2.26 bits per heavy atom. The summed E-state index contributed by atoms with van der Waals surface area (Å²) in [6.07, 6.45) is 1.00. The lowest BCUT2D eigenvalue weighted by molar-refractivity contribution is 0.0786. The van der Waals surface area contributed by atoms with Crippen molar-refractivity contribution in [1.82, 2.24) is 10.2 Å². The molecule has 1 saturated heterocycles. The molecule has 6 heteroatoms. The highest BCUT2D eigenvalue weighted by Gasteiger charge is 2.26. The van der Waals surface area contributed by atoms with Crippen LogP contribution in [0, 0.1) is 11.7 Å². The van der Waals surface area contributed by atoms with Crippen molar-refractivity contribution in [3.8, 4) is 0 Å². The Morgan fingerprint density at radius 3 is 2.89 bits per heavy atom. The number of nitrogens with one attached hydrogen (secondary N) is 1. The zero-order valence-corrected chi connectivity index (χ0v) is 13.1. The zero-order valence-electron chi connectivity index (χ0n) is 10.7. The predicted molar refractivity (Wildman–Crippen MR) is 79.3 cm³/mol. The maximum Gasteiger partial charge on any atom is 0.254 e. The molecule has 0 aliphatic carbocycles. The van der Waals surface area contributed by atoms with Gasteiger partial charge in [0.25, 0.3) is 5.91 Å². The van der Waals surface area contributed by atoms with Gasteiger partial charge in [-0.1, -0.05) is 15.9 Å². The first kappa shape index (κ1) is 16.4. The predicted octanol–water partition coefficient (Wildman–Crippen LogP) is 2.69. The minimum Gasteiger partial charge on any atom is -0.338 e. The number of hydrogen-bond acceptors (Lipinski definition) is 2. The van der Waals surface area contributed by atoms with E-state index in [1.807, 2.05) is 7.05 Å². The first-order chi connectivity index (χ1) is 8.60.